The minimum Gasteiger partial charge on any atom is -0.494 e. The van der Waals surface area contributed by atoms with Crippen LogP contribution in [0.25, 0.3) is 11.1 Å². The zero-order chi connectivity index (χ0) is 17.9. The highest BCUT2D eigenvalue weighted by Gasteiger charge is 2.08. The van der Waals surface area contributed by atoms with Crippen LogP contribution in [0.5, 0.6) is 5.75 Å². The molecule has 0 fully saturated rings. The second-order valence-corrected chi connectivity index (χ2v) is 5.28. The van der Waals surface area contributed by atoms with Crippen molar-refractivity contribution in [3.8, 4) is 16.9 Å². The van der Waals surface area contributed by atoms with Crippen molar-refractivity contribution in [3.05, 3.63) is 54.1 Å². The molecule has 0 saturated heterocycles. The second kappa shape index (κ2) is 10.5. The number of hydrogen-bond donors (Lipinski definition) is 0. The standard InChI is InChI=1S/C20H24O5/c1-3-24-19-9-7-16(8-10-19)17-5-4-6-18(15-17)20(21)25-14-13-23-12-11-22-2/h4-10,15H,3,11-14H2,1-2H3. The van der Waals surface area contributed by atoms with Gasteiger partial charge < -0.3 is 18.9 Å². The van der Waals surface area contributed by atoms with Crippen LogP contribution in [0.3, 0.4) is 0 Å². The first kappa shape index (κ1) is 19.0. The summed E-state index contributed by atoms with van der Waals surface area (Å²) in [5, 5.41) is 0. The minimum absolute atomic E-state index is 0.218. The molecule has 0 aliphatic carbocycles. The number of hydrogen-bond acceptors (Lipinski definition) is 5. The normalized spacial score (nSPS) is 10.5. The molecule has 0 atom stereocenters. The van der Waals surface area contributed by atoms with Gasteiger partial charge in [-0.15, -0.1) is 0 Å². The quantitative estimate of drug-likeness (QED) is 0.487. The van der Waals surface area contributed by atoms with Crippen molar-refractivity contribution in [2.75, 3.05) is 40.1 Å². The van der Waals surface area contributed by atoms with Gasteiger partial charge in [0.2, 0.25) is 0 Å². The van der Waals surface area contributed by atoms with Crippen LogP contribution >= 0.6 is 0 Å². The highest BCUT2D eigenvalue weighted by molar-refractivity contribution is 5.91. The van der Waals surface area contributed by atoms with E-state index in [9.17, 15) is 4.79 Å². The number of benzene rings is 2. The molecule has 5 nitrogen and oxygen atoms in total. The highest BCUT2D eigenvalue weighted by Crippen LogP contribution is 2.23. The van der Waals surface area contributed by atoms with Gasteiger partial charge in [-0.25, -0.2) is 4.79 Å². The van der Waals surface area contributed by atoms with Crippen molar-refractivity contribution in [2.24, 2.45) is 0 Å². The smallest absolute Gasteiger partial charge is 0.338 e. The Bertz CT molecular complexity index is 651. The van der Waals surface area contributed by atoms with Crippen molar-refractivity contribution in [1.82, 2.24) is 0 Å². The molecule has 0 bridgehead atoms. The number of carbonyl (C=O) groups excluding carboxylic acids is 1. The third-order valence-electron chi connectivity index (χ3n) is 3.49. The fourth-order valence-electron chi connectivity index (χ4n) is 2.26. The lowest BCUT2D eigenvalue weighted by Gasteiger charge is -2.08. The minimum atomic E-state index is -0.358. The molecule has 0 unspecified atom stereocenters. The van der Waals surface area contributed by atoms with E-state index >= 15 is 0 Å². The molecule has 0 heterocycles. The molecule has 0 aliphatic heterocycles. The number of ether oxygens (including phenoxy) is 4. The molecule has 2 aromatic carbocycles. The average molecular weight is 344 g/mol. The van der Waals surface area contributed by atoms with Crippen molar-refractivity contribution < 1.29 is 23.7 Å². The van der Waals surface area contributed by atoms with E-state index in [1.807, 2.05) is 49.4 Å². The predicted molar refractivity (Wildman–Crippen MR) is 96.0 cm³/mol. The zero-order valence-corrected chi connectivity index (χ0v) is 14.7. The molecule has 5 heteroatoms. The van der Waals surface area contributed by atoms with E-state index in [2.05, 4.69) is 0 Å². The molecule has 0 amide bonds. The van der Waals surface area contributed by atoms with E-state index in [-0.39, 0.29) is 12.6 Å². The lowest BCUT2D eigenvalue weighted by Crippen LogP contribution is -2.12. The Morgan fingerprint density at radius 2 is 1.68 bits per heavy atom. The Labute approximate surface area is 148 Å². The lowest BCUT2D eigenvalue weighted by molar-refractivity contribution is 0.0214. The predicted octanol–water partition coefficient (Wildman–Crippen LogP) is 3.57. The first-order valence-electron chi connectivity index (χ1n) is 8.31. The van der Waals surface area contributed by atoms with Gasteiger partial charge in [0.05, 0.1) is 32.0 Å². The number of methoxy groups -OCH3 is 1. The Balaban J connectivity index is 1.92. The molecule has 2 rings (SSSR count). The summed E-state index contributed by atoms with van der Waals surface area (Å²) in [7, 11) is 1.61. The summed E-state index contributed by atoms with van der Waals surface area (Å²) in [5.74, 6) is 0.471. The zero-order valence-electron chi connectivity index (χ0n) is 14.7. The van der Waals surface area contributed by atoms with Crippen LogP contribution in [0.2, 0.25) is 0 Å². The first-order valence-corrected chi connectivity index (χ1v) is 8.31. The van der Waals surface area contributed by atoms with Gasteiger partial charge in [0, 0.05) is 7.11 Å². The molecule has 0 radical (unpaired) electrons. The molecular formula is C20H24O5. The van der Waals surface area contributed by atoms with E-state index < -0.39 is 0 Å². The number of rotatable bonds is 10. The summed E-state index contributed by atoms with van der Waals surface area (Å²) in [4.78, 5) is 12.1. The number of carbonyl (C=O) groups is 1. The van der Waals surface area contributed by atoms with Gasteiger partial charge in [-0.2, -0.15) is 0 Å². The van der Waals surface area contributed by atoms with Crippen molar-refractivity contribution in [2.45, 2.75) is 6.92 Å². The van der Waals surface area contributed by atoms with Gasteiger partial charge in [-0.1, -0.05) is 24.3 Å². The Hall–Kier alpha value is -2.37. The van der Waals surface area contributed by atoms with Gasteiger partial charge in [0.25, 0.3) is 0 Å². The van der Waals surface area contributed by atoms with E-state index in [0.29, 0.717) is 32.0 Å². The van der Waals surface area contributed by atoms with Gasteiger partial charge in [-0.05, 0) is 42.3 Å². The van der Waals surface area contributed by atoms with E-state index in [0.717, 1.165) is 16.9 Å². The summed E-state index contributed by atoms with van der Waals surface area (Å²) in [6, 6.07) is 15.1. The third kappa shape index (κ3) is 6.21. The fourth-order valence-corrected chi connectivity index (χ4v) is 2.26. The summed E-state index contributed by atoms with van der Waals surface area (Å²) >= 11 is 0. The first-order chi connectivity index (χ1) is 12.2. The molecule has 0 aromatic heterocycles. The van der Waals surface area contributed by atoms with Crippen LogP contribution in [0.15, 0.2) is 48.5 Å². The molecule has 2 aromatic rings. The molecule has 0 spiro atoms. The lowest BCUT2D eigenvalue weighted by atomic mass is 10.0. The SMILES string of the molecule is CCOc1ccc(-c2cccc(C(=O)OCCOCCOC)c2)cc1. The second-order valence-electron chi connectivity index (χ2n) is 5.28. The van der Waals surface area contributed by atoms with Crippen LogP contribution in [0.1, 0.15) is 17.3 Å². The van der Waals surface area contributed by atoms with E-state index in [4.69, 9.17) is 18.9 Å². The largest absolute Gasteiger partial charge is 0.494 e. The van der Waals surface area contributed by atoms with Crippen LogP contribution in [-0.2, 0) is 14.2 Å². The van der Waals surface area contributed by atoms with Gasteiger partial charge in [0.15, 0.2) is 0 Å². The summed E-state index contributed by atoms with van der Waals surface area (Å²) in [6.45, 7) is 4.17. The molecule has 25 heavy (non-hydrogen) atoms. The van der Waals surface area contributed by atoms with E-state index in [1.165, 1.54) is 0 Å². The summed E-state index contributed by atoms with van der Waals surface area (Å²) in [6.07, 6.45) is 0. The molecule has 0 N–H and O–H groups in total. The van der Waals surface area contributed by atoms with Gasteiger partial charge in [0.1, 0.15) is 12.4 Å². The van der Waals surface area contributed by atoms with Crippen LogP contribution in [0, 0.1) is 0 Å². The molecular weight excluding hydrogens is 320 g/mol. The van der Waals surface area contributed by atoms with E-state index in [1.54, 1.807) is 13.2 Å². The van der Waals surface area contributed by atoms with Crippen LogP contribution in [-0.4, -0.2) is 46.1 Å². The van der Waals surface area contributed by atoms with Crippen LogP contribution < -0.4 is 4.74 Å². The summed E-state index contributed by atoms with van der Waals surface area (Å²) in [5.41, 5.74) is 2.48. The Morgan fingerprint density at radius 3 is 2.40 bits per heavy atom. The maximum absolute atomic E-state index is 12.1. The highest BCUT2D eigenvalue weighted by atomic mass is 16.6. The Kier molecular flexibility index (Phi) is 7.95. The van der Waals surface area contributed by atoms with Gasteiger partial charge >= 0.3 is 5.97 Å². The van der Waals surface area contributed by atoms with Gasteiger partial charge in [-0.3, -0.25) is 0 Å². The maximum Gasteiger partial charge on any atom is 0.338 e. The topological polar surface area (TPSA) is 54.0 Å². The van der Waals surface area contributed by atoms with Crippen molar-refractivity contribution in [1.29, 1.82) is 0 Å². The monoisotopic (exact) mass is 344 g/mol. The van der Waals surface area contributed by atoms with Crippen molar-refractivity contribution in [3.63, 3.8) is 0 Å². The molecule has 0 saturated carbocycles. The third-order valence-corrected chi connectivity index (χ3v) is 3.49. The number of esters is 1. The fraction of sp³-hybridized carbons (Fsp3) is 0.350. The summed E-state index contributed by atoms with van der Waals surface area (Å²) < 4.78 is 20.8. The molecule has 0 aliphatic rings. The van der Waals surface area contributed by atoms with Crippen molar-refractivity contribution >= 4 is 5.97 Å². The average Bonchev–Trinajstić information content (AvgIpc) is 2.65. The van der Waals surface area contributed by atoms with Crippen LogP contribution in [0.4, 0.5) is 0 Å². The Morgan fingerprint density at radius 1 is 0.920 bits per heavy atom. The molecule has 134 valence electrons. The maximum atomic E-state index is 12.1.